The van der Waals surface area contributed by atoms with E-state index in [1.165, 1.54) is 111 Å². The SMILES string of the molecule is C=CC(=O)N1C[C@H](C)N(c2nc(=O)n(-c3c(C4CC4)ncnc3C3CC3)c3nc(-c4c(N)cccc4F)c(F)cc23)C[C@H]1C.C=CC(=O)N1C[C@H](C)N(c2nc(=O)n(-c3c(C4CC4)ncnc3C3CC3)c3nc(-c4c(O)cccc4F)c(F)cc23)C[C@H]1C.C=CC(=O)N1C[C@H](C)N(c2nc(=O)n(-c3c(C4CC4)ncnc3C3CC3)c3nc(-c4ccccc4F)c(F)cc23)C[C@H]1C. The van der Waals surface area contributed by atoms with Gasteiger partial charge in [0.15, 0.2) is 28.6 Å². The van der Waals surface area contributed by atoms with Gasteiger partial charge in [-0.3, -0.25) is 14.4 Å². The summed E-state index contributed by atoms with van der Waals surface area (Å²) in [5.41, 5.74) is 9.05. The van der Waals surface area contributed by atoms with E-state index in [9.17, 15) is 38.3 Å². The third-order valence-electron chi connectivity index (χ3n) is 26.3. The first-order valence-corrected chi connectivity index (χ1v) is 44.4. The molecule has 6 aliphatic carbocycles. The molecule has 6 saturated carbocycles. The van der Waals surface area contributed by atoms with Gasteiger partial charge < -0.3 is 40.2 Å². The number of fused-ring (bicyclic) bond motifs is 3. The third-order valence-corrected chi connectivity index (χ3v) is 26.3. The van der Waals surface area contributed by atoms with Gasteiger partial charge in [0.25, 0.3) is 0 Å². The number of pyridine rings is 3. The predicted molar refractivity (Wildman–Crippen MR) is 481 cm³/mol. The number of benzene rings is 3. The van der Waals surface area contributed by atoms with Crippen molar-refractivity contribution in [3.8, 4) is 56.6 Å². The van der Waals surface area contributed by atoms with Crippen LogP contribution in [0, 0.1) is 34.9 Å². The normalized spacial score (nSPS) is 20.3. The molecule has 29 nitrogen and oxygen atoms in total. The van der Waals surface area contributed by atoms with Gasteiger partial charge in [-0.05, 0) is 191 Å². The first kappa shape index (κ1) is 86.4. The maximum absolute atomic E-state index is 16.1. The van der Waals surface area contributed by atoms with Gasteiger partial charge in [-0.15, -0.1) is 0 Å². The van der Waals surface area contributed by atoms with E-state index in [2.05, 4.69) is 79.5 Å². The molecule has 3 amide bonds. The van der Waals surface area contributed by atoms with Crippen LogP contribution in [0.3, 0.4) is 0 Å². The lowest BCUT2D eigenvalue weighted by Gasteiger charge is -2.44. The van der Waals surface area contributed by atoms with Gasteiger partial charge in [0.1, 0.15) is 82.5 Å². The van der Waals surface area contributed by atoms with Crippen LogP contribution in [0.1, 0.15) is 188 Å². The monoisotopic (exact) mass is 1780 g/mol. The number of nitrogens with two attached hydrogens (primary N) is 1. The molecule has 0 unspecified atom stereocenters. The van der Waals surface area contributed by atoms with Gasteiger partial charge in [0, 0.05) is 122 Å². The first-order chi connectivity index (χ1) is 63.1. The van der Waals surface area contributed by atoms with E-state index in [0.29, 0.717) is 73.1 Å². The van der Waals surface area contributed by atoms with Crippen LogP contribution in [-0.4, -0.2) is 187 Å². The molecular formula is C96H94F6N22O7. The second kappa shape index (κ2) is 34.1. The van der Waals surface area contributed by atoms with Gasteiger partial charge in [-0.25, -0.2) is 99.3 Å². The number of amides is 3. The Hall–Kier alpha value is -14.0. The second-order valence-electron chi connectivity index (χ2n) is 35.8. The minimum atomic E-state index is -0.888. The molecule has 9 aliphatic rings. The van der Waals surface area contributed by atoms with Gasteiger partial charge in [0.2, 0.25) is 17.7 Å². The summed E-state index contributed by atoms with van der Waals surface area (Å²) in [5.74, 6) is -4.03. The fourth-order valence-electron chi connectivity index (χ4n) is 18.7. The number of rotatable bonds is 18. The average Bonchev–Trinajstić information content (AvgIpc) is 1.24. The highest BCUT2D eigenvalue weighted by atomic mass is 19.1. The maximum atomic E-state index is 16.1. The summed E-state index contributed by atoms with van der Waals surface area (Å²) < 4.78 is 97.3. The van der Waals surface area contributed by atoms with Crippen molar-refractivity contribution >= 4 is 74.0 Å². The van der Waals surface area contributed by atoms with Crippen molar-refractivity contribution in [2.75, 3.05) is 59.7 Å². The summed E-state index contributed by atoms with van der Waals surface area (Å²) >= 11 is 0. The number of hydrogen-bond donors (Lipinski definition) is 2. The predicted octanol–water partition coefficient (Wildman–Crippen LogP) is 13.9. The van der Waals surface area contributed by atoms with Gasteiger partial charge in [-0.2, -0.15) is 15.0 Å². The number of phenols is 1. The molecule has 0 radical (unpaired) electrons. The summed E-state index contributed by atoms with van der Waals surface area (Å²) in [5, 5.41) is 11.4. The summed E-state index contributed by atoms with van der Waals surface area (Å²) in [6, 6.07) is 15.9. The smallest absolute Gasteiger partial charge is 0.355 e. The van der Waals surface area contributed by atoms with Crippen molar-refractivity contribution in [2.24, 2.45) is 0 Å². The lowest BCUT2D eigenvalue weighted by atomic mass is 10.1. The number of piperazine rings is 3. The maximum Gasteiger partial charge on any atom is 0.355 e. The van der Waals surface area contributed by atoms with E-state index in [-0.39, 0.29) is 163 Å². The molecule has 21 rings (SSSR count). The van der Waals surface area contributed by atoms with E-state index >= 15 is 22.0 Å². The lowest BCUT2D eigenvalue weighted by molar-refractivity contribution is -0.129. The van der Waals surface area contributed by atoms with Crippen LogP contribution in [0.5, 0.6) is 5.75 Å². The lowest BCUT2D eigenvalue weighted by Crippen LogP contribution is -2.58. The number of aromatic nitrogens is 15. The fraction of sp³-hybridized carbons (Fsp3) is 0.375. The number of phenolic OH excluding ortho intramolecular Hbond substituents is 1. The quantitative estimate of drug-likeness (QED) is 0.0458. The second-order valence-corrected chi connectivity index (χ2v) is 35.8. The molecule has 3 saturated heterocycles. The Morgan fingerprint density at radius 1 is 0.366 bits per heavy atom. The van der Waals surface area contributed by atoms with E-state index in [1.54, 1.807) is 27.1 Å². The standard InChI is InChI=1S/C32H32F2N8O2.C32H31F2N7O3.C32H31F2N7O2/c1-4-24(43)40-13-17(3)41(14-16(40)2)30-20-12-22(34)28(25-21(33)6-5-7-23(25)35)38-31(20)42(32(44)39-30)29-26(18-8-9-18)36-15-37-27(29)19-10-11-19;1-4-24(43)39-13-17(3)40(14-16(39)2)30-20-12-22(34)28(25-21(33)6-5-7-23(25)42)37-31(20)41(32(44)38-30)29-26(18-8-9-18)35-15-36-27(29)19-10-11-19;1-4-25(42)39-14-18(3)40(15-17(39)2)30-22-13-24(34)28(21-7-5-6-8-23(21)33)37-31(22)41(32(43)38-30)29-26(19-9-10-19)35-16-36-27(29)20-11-12-20/h4-7,12,15-19H,1,8-11,13-14,35H2,2-3H3;4-7,12,15-19,42H,1,8-11,13-14H2,2-3H3;4-8,13,16-20H,1,9-12,14-15H2,2-3H3/t2*16-,17+;17-,18+/m111/s1. The average molecular weight is 1780 g/mol. The summed E-state index contributed by atoms with van der Waals surface area (Å²) in [7, 11) is 0. The van der Waals surface area contributed by atoms with Crippen molar-refractivity contribution in [3.05, 3.63) is 236 Å². The molecule has 672 valence electrons. The van der Waals surface area contributed by atoms with Gasteiger partial charge >= 0.3 is 17.1 Å². The molecule has 0 spiro atoms. The van der Waals surface area contributed by atoms with Gasteiger partial charge in [-0.1, -0.05) is 44.0 Å². The van der Waals surface area contributed by atoms with Crippen LogP contribution in [-0.2, 0) is 14.4 Å². The minimum Gasteiger partial charge on any atom is -0.507 e. The van der Waals surface area contributed by atoms with Gasteiger partial charge in [0.05, 0.1) is 78.5 Å². The Bertz CT molecular complexity index is 6540. The third kappa shape index (κ3) is 16.0. The number of carbonyl (C=O) groups excluding carboxylic acids is 3. The summed E-state index contributed by atoms with van der Waals surface area (Å²) in [4.78, 5) is 146. The van der Waals surface area contributed by atoms with Crippen molar-refractivity contribution in [1.82, 2.24) is 88.2 Å². The van der Waals surface area contributed by atoms with E-state index in [1.807, 2.05) is 56.2 Å². The largest absolute Gasteiger partial charge is 0.507 e. The van der Waals surface area contributed by atoms with Crippen molar-refractivity contribution in [2.45, 2.75) is 190 Å². The van der Waals surface area contributed by atoms with Crippen LogP contribution in [0.25, 0.3) is 83.9 Å². The van der Waals surface area contributed by atoms with E-state index in [4.69, 9.17) is 5.73 Å². The Kier molecular flexibility index (Phi) is 22.5. The molecule has 131 heavy (non-hydrogen) atoms. The molecule has 9 aromatic heterocycles. The molecule has 6 atom stereocenters. The van der Waals surface area contributed by atoms with Crippen molar-refractivity contribution < 1.29 is 45.8 Å². The molecule has 3 N–H and O–H groups in total. The molecule has 3 aromatic carbocycles. The highest BCUT2D eigenvalue weighted by Gasteiger charge is 2.44. The number of halogens is 6. The van der Waals surface area contributed by atoms with E-state index in [0.717, 1.165) is 106 Å². The molecule has 9 fully saturated rings. The van der Waals surface area contributed by atoms with Crippen LogP contribution in [0.15, 0.2) is 150 Å². The molecule has 3 aliphatic heterocycles. The zero-order valence-electron chi connectivity index (χ0n) is 72.9. The summed E-state index contributed by atoms with van der Waals surface area (Å²) in [6.45, 7) is 24.3. The van der Waals surface area contributed by atoms with Crippen LogP contribution >= 0.6 is 0 Å². The fourth-order valence-corrected chi connectivity index (χ4v) is 18.7. The molecule has 0 bridgehead atoms. The van der Waals surface area contributed by atoms with Crippen LogP contribution in [0.2, 0.25) is 0 Å². The number of carbonyl (C=O) groups is 3. The zero-order valence-corrected chi connectivity index (χ0v) is 72.9. The Balaban J connectivity index is 0.000000127. The number of aromatic hydroxyl groups is 1. The first-order valence-electron chi connectivity index (χ1n) is 44.4. The Labute approximate surface area is 747 Å². The summed E-state index contributed by atoms with van der Waals surface area (Å²) in [6.07, 6.45) is 19.5. The minimum absolute atomic E-state index is 0.00746. The van der Waals surface area contributed by atoms with Crippen LogP contribution in [0.4, 0.5) is 49.5 Å². The molecular weight excluding hydrogens is 1690 g/mol. The highest BCUT2D eigenvalue weighted by molar-refractivity contribution is 5.96. The number of nitrogen functional groups attached to an aromatic ring is 1. The van der Waals surface area contributed by atoms with Crippen molar-refractivity contribution in [3.63, 3.8) is 0 Å². The van der Waals surface area contributed by atoms with Crippen LogP contribution < -0.4 is 37.5 Å². The topological polar surface area (TPSA) is 338 Å². The number of hydrogen-bond acceptors (Lipinski definition) is 23. The molecule has 12 heterocycles. The molecule has 12 aromatic rings. The highest BCUT2D eigenvalue weighted by Crippen LogP contribution is 2.52. The number of nitrogens with zero attached hydrogens (tertiary/aromatic N) is 21. The zero-order chi connectivity index (χ0) is 91.7. The Morgan fingerprint density at radius 2 is 0.656 bits per heavy atom. The molecule has 35 heteroatoms. The number of anilines is 4. The Morgan fingerprint density at radius 3 is 0.962 bits per heavy atom. The van der Waals surface area contributed by atoms with E-state index < -0.39 is 69.0 Å². The van der Waals surface area contributed by atoms with Crippen molar-refractivity contribution in [1.29, 1.82) is 0 Å².